The minimum absolute atomic E-state index is 0.0801. The van der Waals surface area contributed by atoms with Crippen LogP contribution < -0.4 is 0 Å². The van der Waals surface area contributed by atoms with Gasteiger partial charge in [-0.25, -0.2) is 0 Å². The number of hydrogen-bond donors (Lipinski definition) is 0. The maximum absolute atomic E-state index is 12.9. The van der Waals surface area contributed by atoms with Gasteiger partial charge in [0.25, 0.3) is 0 Å². The molecule has 6 nitrogen and oxygen atoms in total. The third kappa shape index (κ3) is 67.3. The highest BCUT2D eigenvalue weighted by Gasteiger charge is 2.19. The maximum Gasteiger partial charge on any atom is 0.306 e. The average Bonchev–Trinajstić information content (AvgIpc) is 3.47. The molecule has 0 heterocycles. The monoisotopic (exact) mass is 1130 g/mol. The van der Waals surface area contributed by atoms with Crippen LogP contribution in [0.4, 0.5) is 0 Å². The number of unbranched alkanes of at least 4 members (excludes halogenated alkanes) is 39. The molecule has 0 aliphatic heterocycles. The van der Waals surface area contributed by atoms with Crippen LogP contribution in [0, 0.1) is 0 Å². The van der Waals surface area contributed by atoms with Crippen LogP contribution in [-0.2, 0) is 28.6 Å². The van der Waals surface area contributed by atoms with E-state index in [4.69, 9.17) is 14.2 Å². The number of carbonyl (C=O) groups excluding carboxylic acids is 3. The van der Waals surface area contributed by atoms with Crippen molar-refractivity contribution in [1.82, 2.24) is 0 Å². The molecule has 0 aliphatic carbocycles. The summed E-state index contributed by atoms with van der Waals surface area (Å²) in [6.07, 6.45) is 91.9. The fraction of sp³-hybridized carbons (Fsp3) is 0.773. The standard InChI is InChI=1S/C75H132O6/c1-4-7-10-13-16-19-22-25-28-30-31-32-33-34-35-36-37-38-39-40-41-42-43-44-45-46-48-50-53-56-59-62-65-68-74(77)80-71-72(70-79-73(76)67-64-61-58-55-52-49-27-24-21-18-15-12-9-6-3)81-75(78)69-66-63-60-57-54-51-47-29-26-23-20-17-14-11-8-5-2/h7,10,15-16,18-19,24-25,27-29,31-32,47,72H,4-6,8-9,11-14,17,20-23,26,30,33-46,48-71H2,1-3H3/b10-7-,18-15-,19-16-,27-24-,28-25-,32-31-,47-29-. The van der Waals surface area contributed by atoms with Gasteiger partial charge < -0.3 is 14.2 Å². The summed E-state index contributed by atoms with van der Waals surface area (Å²) < 4.78 is 16.9. The highest BCUT2D eigenvalue weighted by molar-refractivity contribution is 5.71. The highest BCUT2D eigenvalue weighted by atomic mass is 16.6. The van der Waals surface area contributed by atoms with Crippen molar-refractivity contribution in [2.75, 3.05) is 13.2 Å². The van der Waals surface area contributed by atoms with E-state index in [2.05, 4.69) is 106 Å². The Kier molecular flexibility index (Phi) is 66.2. The maximum atomic E-state index is 12.9. The lowest BCUT2D eigenvalue weighted by molar-refractivity contribution is -0.167. The fourth-order valence-electron chi connectivity index (χ4n) is 10.1. The summed E-state index contributed by atoms with van der Waals surface area (Å²) in [5, 5.41) is 0. The van der Waals surface area contributed by atoms with Crippen molar-refractivity contribution in [2.45, 2.75) is 361 Å². The summed E-state index contributed by atoms with van der Waals surface area (Å²) in [6, 6.07) is 0. The first-order valence-corrected chi connectivity index (χ1v) is 35.1. The summed E-state index contributed by atoms with van der Waals surface area (Å²) >= 11 is 0. The molecule has 6 heteroatoms. The lowest BCUT2D eigenvalue weighted by atomic mass is 10.0. The molecule has 0 spiro atoms. The smallest absolute Gasteiger partial charge is 0.306 e. The normalized spacial score (nSPS) is 12.6. The van der Waals surface area contributed by atoms with Crippen molar-refractivity contribution in [1.29, 1.82) is 0 Å². The third-order valence-corrected chi connectivity index (χ3v) is 15.4. The molecule has 0 aromatic heterocycles. The molecule has 1 unspecified atom stereocenters. The zero-order valence-corrected chi connectivity index (χ0v) is 53.8. The molecule has 0 saturated heterocycles. The van der Waals surface area contributed by atoms with Gasteiger partial charge in [-0.15, -0.1) is 0 Å². The molecular formula is C75H132O6. The Balaban J connectivity index is 4.16. The van der Waals surface area contributed by atoms with Gasteiger partial charge >= 0.3 is 17.9 Å². The Morgan fingerprint density at radius 1 is 0.259 bits per heavy atom. The Bertz CT molecular complexity index is 1530. The largest absolute Gasteiger partial charge is 0.462 e. The van der Waals surface area contributed by atoms with Crippen molar-refractivity contribution in [2.24, 2.45) is 0 Å². The Labute approximate surface area is 503 Å². The van der Waals surface area contributed by atoms with Crippen molar-refractivity contribution >= 4 is 17.9 Å². The van der Waals surface area contributed by atoms with Gasteiger partial charge in [0.15, 0.2) is 6.10 Å². The molecule has 0 fully saturated rings. The fourth-order valence-corrected chi connectivity index (χ4v) is 10.1. The van der Waals surface area contributed by atoms with E-state index >= 15 is 0 Å². The summed E-state index contributed by atoms with van der Waals surface area (Å²) in [6.45, 7) is 6.51. The SMILES string of the molecule is CC/C=C\C/C=C\C/C=C\C/C=C\CCCCCCCCCCCCCCCCCCCCCCC(=O)OCC(COC(=O)CCCCCCC/C=C\C/C=C\CCCC)OC(=O)CCCCCCC/C=C\CCCCCCCCC. The minimum Gasteiger partial charge on any atom is -0.462 e. The summed E-state index contributed by atoms with van der Waals surface area (Å²) in [7, 11) is 0. The van der Waals surface area contributed by atoms with Crippen LogP contribution in [0.3, 0.4) is 0 Å². The molecule has 0 rings (SSSR count). The van der Waals surface area contributed by atoms with Crippen molar-refractivity contribution in [3.05, 3.63) is 85.1 Å². The molecule has 0 bridgehead atoms. The number of allylic oxidation sites excluding steroid dienone is 14. The van der Waals surface area contributed by atoms with E-state index in [0.717, 1.165) is 116 Å². The molecule has 0 N–H and O–H groups in total. The molecule has 81 heavy (non-hydrogen) atoms. The van der Waals surface area contributed by atoms with Crippen LogP contribution in [0.2, 0.25) is 0 Å². The van der Waals surface area contributed by atoms with E-state index < -0.39 is 6.10 Å². The topological polar surface area (TPSA) is 78.9 Å². The van der Waals surface area contributed by atoms with Gasteiger partial charge in [-0.3, -0.25) is 14.4 Å². The minimum atomic E-state index is -0.785. The predicted molar refractivity (Wildman–Crippen MR) is 353 cm³/mol. The molecular weight excluding hydrogens is 997 g/mol. The quantitative estimate of drug-likeness (QED) is 0.0261. The average molecular weight is 1130 g/mol. The molecule has 0 aromatic carbocycles. The highest BCUT2D eigenvalue weighted by Crippen LogP contribution is 2.17. The Morgan fingerprint density at radius 2 is 0.494 bits per heavy atom. The number of esters is 3. The third-order valence-electron chi connectivity index (χ3n) is 15.4. The van der Waals surface area contributed by atoms with E-state index in [0.29, 0.717) is 19.3 Å². The van der Waals surface area contributed by atoms with Gasteiger partial charge in [-0.05, 0) is 109 Å². The molecule has 0 aromatic rings. The van der Waals surface area contributed by atoms with Crippen LogP contribution in [0.15, 0.2) is 85.1 Å². The van der Waals surface area contributed by atoms with E-state index in [1.54, 1.807) is 0 Å². The number of ether oxygens (including phenoxy) is 3. The van der Waals surface area contributed by atoms with Crippen LogP contribution in [-0.4, -0.2) is 37.2 Å². The predicted octanol–water partition coefficient (Wildman–Crippen LogP) is 24.2. The van der Waals surface area contributed by atoms with Crippen molar-refractivity contribution in [3.63, 3.8) is 0 Å². The van der Waals surface area contributed by atoms with Crippen LogP contribution in [0.25, 0.3) is 0 Å². The van der Waals surface area contributed by atoms with Gasteiger partial charge in [-0.2, -0.15) is 0 Å². The van der Waals surface area contributed by atoms with Crippen LogP contribution in [0.1, 0.15) is 355 Å². The zero-order valence-electron chi connectivity index (χ0n) is 53.8. The molecule has 0 saturated carbocycles. The first kappa shape index (κ1) is 77.6. The zero-order chi connectivity index (χ0) is 58.5. The second kappa shape index (κ2) is 69.1. The number of hydrogen-bond acceptors (Lipinski definition) is 6. The van der Waals surface area contributed by atoms with Crippen LogP contribution >= 0.6 is 0 Å². The van der Waals surface area contributed by atoms with Gasteiger partial charge in [-0.1, -0.05) is 311 Å². The first-order valence-electron chi connectivity index (χ1n) is 35.1. The number of rotatable bonds is 64. The van der Waals surface area contributed by atoms with E-state index in [1.807, 2.05) is 0 Å². The molecule has 1 atom stereocenters. The van der Waals surface area contributed by atoms with Gasteiger partial charge in [0.2, 0.25) is 0 Å². The lowest BCUT2D eigenvalue weighted by Crippen LogP contribution is -2.30. The van der Waals surface area contributed by atoms with Gasteiger partial charge in [0.1, 0.15) is 13.2 Å². The Morgan fingerprint density at radius 3 is 0.802 bits per heavy atom. The van der Waals surface area contributed by atoms with E-state index in [9.17, 15) is 14.4 Å². The van der Waals surface area contributed by atoms with E-state index in [-0.39, 0.29) is 31.1 Å². The second-order valence-electron chi connectivity index (χ2n) is 23.4. The molecule has 468 valence electrons. The summed E-state index contributed by atoms with van der Waals surface area (Å²) in [5.41, 5.74) is 0. The molecule has 0 aliphatic rings. The first-order chi connectivity index (χ1) is 40.0. The van der Waals surface area contributed by atoms with Gasteiger partial charge in [0.05, 0.1) is 0 Å². The van der Waals surface area contributed by atoms with Crippen molar-refractivity contribution < 1.29 is 28.6 Å². The Hall–Kier alpha value is -3.41. The molecule has 0 radical (unpaired) electrons. The number of carbonyl (C=O) groups is 3. The summed E-state index contributed by atoms with van der Waals surface area (Å²) in [4.78, 5) is 38.4. The lowest BCUT2D eigenvalue weighted by Gasteiger charge is -2.18. The summed E-state index contributed by atoms with van der Waals surface area (Å²) in [5.74, 6) is -0.885. The van der Waals surface area contributed by atoms with Crippen LogP contribution in [0.5, 0.6) is 0 Å². The van der Waals surface area contributed by atoms with Gasteiger partial charge in [0, 0.05) is 19.3 Å². The van der Waals surface area contributed by atoms with Crippen molar-refractivity contribution in [3.8, 4) is 0 Å². The van der Waals surface area contributed by atoms with E-state index in [1.165, 1.54) is 199 Å². The molecule has 0 amide bonds. The second-order valence-corrected chi connectivity index (χ2v) is 23.4.